The van der Waals surface area contributed by atoms with Crippen molar-refractivity contribution in [3.05, 3.63) is 47.8 Å². The van der Waals surface area contributed by atoms with Gasteiger partial charge < -0.3 is 20.3 Å². The van der Waals surface area contributed by atoms with E-state index >= 15 is 0 Å². The molecule has 0 amide bonds. The van der Waals surface area contributed by atoms with Crippen LogP contribution in [0.2, 0.25) is 0 Å². The van der Waals surface area contributed by atoms with Crippen molar-refractivity contribution >= 4 is 5.96 Å². The van der Waals surface area contributed by atoms with Crippen molar-refractivity contribution in [1.82, 2.24) is 25.3 Å². The molecule has 0 saturated heterocycles. The molecule has 0 saturated carbocycles. The fraction of sp³-hybridized carbons (Fsp3) is 0.474. The lowest BCUT2D eigenvalue weighted by molar-refractivity contribution is 0.259. The number of hydrogen-bond donors (Lipinski definition) is 2. The van der Waals surface area contributed by atoms with Crippen LogP contribution >= 0.6 is 0 Å². The third-order valence-corrected chi connectivity index (χ3v) is 3.88. The maximum Gasteiger partial charge on any atom is 0.191 e. The van der Waals surface area contributed by atoms with Crippen LogP contribution in [0.4, 0.5) is 0 Å². The van der Waals surface area contributed by atoms with E-state index in [4.69, 9.17) is 9.73 Å². The molecule has 0 bridgehead atoms. The van der Waals surface area contributed by atoms with E-state index < -0.39 is 0 Å². The van der Waals surface area contributed by atoms with Crippen molar-refractivity contribution in [1.29, 1.82) is 0 Å². The Morgan fingerprint density at radius 1 is 1.23 bits per heavy atom. The first-order chi connectivity index (χ1) is 12.6. The number of rotatable bonds is 9. The van der Waals surface area contributed by atoms with E-state index in [0.717, 1.165) is 36.1 Å². The smallest absolute Gasteiger partial charge is 0.191 e. The van der Waals surface area contributed by atoms with Gasteiger partial charge in [-0.15, -0.1) is 0 Å². The highest BCUT2D eigenvalue weighted by molar-refractivity contribution is 5.79. The monoisotopic (exact) mass is 358 g/mol. The summed E-state index contributed by atoms with van der Waals surface area (Å²) in [4.78, 5) is 6.79. The number of para-hydroxylation sites is 1. The first-order valence-electron chi connectivity index (χ1n) is 8.94. The molecular formula is C19H30N6O. The highest BCUT2D eigenvalue weighted by Gasteiger charge is 2.05. The minimum atomic E-state index is 0.554. The van der Waals surface area contributed by atoms with Crippen LogP contribution in [-0.4, -0.2) is 54.4 Å². The zero-order valence-corrected chi connectivity index (χ0v) is 16.2. The first-order valence-corrected chi connectivity index (χ1v) is 8.94. The standard InChI is InChI=1S/C19H30N6O/c1-5-20-19(22-15-17-10-11-23-25(17)4)21-14-16-8-6-7-9-18(16)26-13-12-24(2)3/h6-11H,5,12-15H2,1-4H3,(H2,20,21,22). The van der Waals surface area contributed by atoms with Gasteiger partial charge in [0.25, 0.3) is 0 Å². The lowest BCUT2D eigenvalue weighted by Crippen LogP contribution is -2.37. The van der Waals surface area contributed by atoms with Crippen molar-refractivity contribution in [2.45, 2.75) is 20.0 Å². The van der Waals surface area contributed by atoms with E-state index in [-0.39, 0.29) is 0 Å². The average molecular weight is 358 g/mol. The van der Waals surface area contributed by atoms with Crippen LogP contribution in [-0.2, 0) is 20.1 Å². The quantitative estimate of drug-likeness (QED) is 0.527. The molecule has 2 aromatic rings. The topological polar surface area (TPSA) is 66.7 Å². The van der Waals surface area contributed by atoms with Gasteiger partial charge in [-0.1, -0.05) is 18.2 Å². The Morgan fingerprint density at radius 3 is 2.73 bits per heavy atom. The highest BCUT2D eigenvalue weighted by atomic mass is 16.5. The molecule has 142 valence electrons. The summed E-state index contributed by atoms with van der Waals surface area (Å²) in [6.45, 7) is 5.62. The van der Waals surface area contributed by atoms with E-state index in [1.54, 1.807) is 6.20 Å². The summed E-state index contributed by atoms with van der Waals surface area (Å²) in [6.07, 6.45) is 1.79. The van der Waals surface area contributed by atoms with Gasteiger partial charge in [0.2, 0.25) is 0 Å². The molecule has 7 heteroatoms. The number of aliphatic imine (C=N–C) groups is 1. The largest absolute Gasteiger partial charge is 0.492 e. The predicted octanol–water partition coefficient (Wildman–Crippen LogP) is 1.62. The minimum absolute atomic E-state index is 0.554. The lowest BCUT2D eigenvalue weighted by Gasteiger charge is -2.14. The van der Waals surface area contributed by atoms with E-state index in [0.29, 0.717) is 19.7 Å². The van der Waals surface area contributed by atoms with Crippen LogP contribution in [0.5, 0.6) is 5.75 Å². The van der Waals surface area contributed by atoms with E-state index in [1.807, 2.05) is 50.1 Å². The van der Waals surface area contributed by atoms with Crippen LogP contribution < -0.4 is 15.4 Å². The fourth-order valence-corrected chi connectivity index (χ4v) is 2.37. The molecule has 1 aromatic heterocycles. The molecule has 0 spiro atoms. The van der Waals surface area contributed by atoms with Gasteiger partial charge in [0, 0.05) is 31.9 Å². The van der Waals surface area contributed by atoms with E-state index in [9.17, 15) is 0 Å². The van der Waals surface area contributed by atoms with Gasteiger partial charge in [-0.25, -0.2) is 4.99 Å². The second-order valence-electron chi connectivity index (χ2n) is 6.25. The normalized spacial score (nSPS) is 11.7. The second-order valence-corrected chi connectivity index (χ2v) is 6.25. The van der Waals surface area contributed by atoms with Crippen molar-refractivity contribution in [2.75, 3.05) is 33.8 Å². The Labute approximate surface area is 156 Å². The highest BCUT2D eigenvalue weighted by Crippen LogP contribution is 2.18. The number of ether oxygens (including phenoxy) is 1. The molecule has 2 rings (SSSR count). The van der Waals surface area contributed by atoms with Gasteiger partial charge in [0.05, 0.1) is 18.8 Å². The SMILES string of the molecule is CCNC(=NCc1ccccc1OCCN(C)C)NCc1ccnn1C. The maximum atomic E-state index is 5.91. The van der Waals surface area contributed by atoms with Crippen LogP contribution in [0.15, 0.2) is 41.5 Å². The molecule has 1 aromatic carbocycles. The fourth-order valence-electron chi connectivity index (χ4n) is 2.37. The van der Waals surface area contributed by atoms with Crippen LogP contribution in [0.1, 0.15) is 18.2 Å². The van der Waals surface area contributed by atoms with Crippen molar-refractivity contribution in [2.24, 2.45) is 12.0 Å². The summed E-state index contributed by atoms with van der Waals surface area (Å²) in [7, 11) is 6.01. The van der Waals surface area contributed by atoms with Gasteiger partial charge in [0.1, 0.15) is 12.4 Å². The third kappa shape index (κ3) is 6.40. The molecule has 1 heterocycles. The summed E-state index contributed by atoms with van der Waals surface area (Å²) in [5.74, 6) is 1.66. The molecule has 0 aliphatic heterocycles. The van der Waals surface area contributed by atoms with Gasteiger partial charge in [-0.05, 0) is 33.2 Å². The minimum Gasteiger partial charge on any atom is -0.492 e. The summed E-state index contributed by atoms with van der Waals surface area (Å²) in [5.41, 5.74) is 2.17. The summed E-state index contributed by atoms with van der Waals surface area (Å²) >= 11 is 0. The molecule has 0 radical (unpaired) electrons. The molecule has 0 atom stereocenters. The number of hydrogen-bond acceptors (Lipinski definition) is 4. The molecule has 0 fully saturated rings. The van der Waals surface area contributed by atoms with Crippen molar-refractivity contribution in [3.63, 3.8) is 0 Å². The Hall–Kier alpha value is -2.54. The average Bonchev–Trinajstić information content (AvgIpc) is 3.03. The second kappa shape index (κ2) is 10.5. The Morgan fingerprint density at radius 2 is 2.04 bits per heavy atom. The molecular weight excluding hydrogens is 328 g/mol. The van der Waals surface area contributed by atoms with Crippen LogP contribution in [0.25, 0.3) is 0 Å². The number of nitrogens with one attached hydrogen (secondary N) is 2. The van der Waals surface area contributed by atoms with Gasteiger partial charge in [-0.3, -0.25) is 4.68 Å². The maximum absolute atomic E-state index is 5.91. The third-order valence-electron chi connectivity index (χ3n) is 3.88. The lowest BCUT2D eigenvalue weighted by atomic mass is 10.2. The molecule has 0 unspecified atom stereocenters. The Kier molecular flexibility index (Phi) is 7.95. The van der Waals surface area contributed by atoms with Crippen LogP contribution in [0.3, 0.4) is 0 Å². The predicted molar refractivity (Wildman–Crippen MR) is 105 cm³/mol. The Bertz CT molecular complexity index is 695. The number of guanidine groups is 1. The Balaban J connectivity index is 1.98. The summed E-state index contributed by atoms with van der Waals surface area (Å²) in [5, 5.41) is 10.8. The van der Waals surface area contributed by atoms with Crippen molar-refractivity contribution in [3.8, 4) is 5.75 Å². The van der Waals surface area contributed by atoms with E-state index in [1.165, 1.54) is 0 Å². The molecule has 26 heavy (non-hydrogen) atoms. The van der Waals surface area contributed by atoms with Crippen LogP contribution in [0, 0.1) is 0 Å². The number of aryl methyl sites for hydroxylation is 1. The molecule has 0 aliphatic carbocycles. The van der Waals surface area contributed by atoms with E-state index in [2.05, 4.69) is 33.6 Å². The number of benzene rings is 1. The summed E-state index contributed by atoms with van der Waals surface area (Å²) in [6, 6.07) is 10.0. The van der Waals surface area contributed by atoms with Crippen molar-refractivity contribution < 1.29 is 4.74 Å². The zero-order valence-electron chi connectivity index (χ0n) is 16.2. The number of likely N-dealkylation sites (N-methyl/N-ethyl adjacent to an activating group) is 1. The van der Waals surface area contributed by atoms with Gasteiger partial charge in [-0.2, -0.15) is 5.10 Å². The number of nitrogens with zero attached hydrogens (tertiary/aromatic N) is 4. The molecule has 7 nitrogen and oxygen atoms in total. The number of aromatic nitrogens is 2. The van der Waals surface area contributed by atoms with Gasteiger partial charge >= 0.3 is 0 Å². The first kappa shape index (κ1) is 19.8. The van der Waals surface area contributed by atoms with Gasteiger partial charge in [0.15, 0.2) is 5.96 Å². The zero-order chi connectivity index (χ0) is 18.8. The summed E-state index contributed by atoms with van der Waals surface area (Å²) < 4.78 is 7.76. The molecule has 2 N–H and O–H groups in total. The molecule has 0 aliphatic rings.